The summed E-state index contributed by atoms with van der Waals surface area (Å²) >= 11 is 7.23. The van der Waals surface area contributed by atoms with Crippen LogP contribution in [-0.2, 0) is 9.53 Å². The normalized spacial score (nSPS) is 10.4. The molecule has 0 bridgehead atoms. The molecule has 0 fully saturated rings. The van der Waals surface area contributed by atoms with E-state index in [9.17, 15) is 9.59 Å². The number of aryl methyl sites for hydroxylation is 1. The zero-order valence-electron chi connectivity index (χ0n) is 15.3. The van der Waals surface area contributed by atoms with Crippen molar-refractivity contribution < 1.29 is 19.1 Å². The van der Waals surface area contributed by atoms with Crippen LogP contribution in [0.2, 0.25) is 5.02 Å². The quantitative estimate of drug-likeness (QED) is 0.563. The molecule has 0 saturated heterocycles. The first-order chi connectivity index (χ1) is 13.5. The van der Waals surface area contributed by atoms with Crippen molar-refractivity contribution >= 4 is 39.8 Å². The van der Waals surface area contributed by atoms with Crippen molar-refractivity contribution in [1.82, 2.24) is 0 Å². The van der Waals surface area contributed by atoms with Crippen LogP contribution >= 0.6 is 22.9 Å². The third kappa shape index (κ3) is 4.52. The summed E-state index contributed by atoms with van der Waals surface area (Å²) in [6.45, 7) is 1.69. The Morgan fingerprint density at radius 1 is 1.11 bits per heavy atom. The summed E-state index contributed by atoms with van der Waals surface area (Å²) in [5.74, 6) is -0.400. The van der Waals surface area contributed by atoms with Crippen LogP contribution in [-0.4, -0.2) is 25.6 Å². The number of benzene rings is 2. The molecule has 144 valence electrons. The topological polar surface area (TPSA) is 64.6 Å². The van der Waals surface area contributed by atoms with Gasteiger partial charge in [-0.3, -0.25) is 4.79 Å². The van der Waals surface area contributed by atoms with Crippen LogP contribution in [0, 0.1) is 6.92 Å². The molecule has 1 aromatic heterocycles. The Morgan fingerprint density at radius 3 is 2.54 bits per heavy atom. The van der Waals surface area contributed by atoms with Crippen LogP contribution in [0.15, 0.2) is 54.6 Å². The fraction of sp³-hybridized carbons (Fsp3) is 0.143. The third-order valence-electron chi connectivity index (χ3n) is 3.96. The van der Waals surface area contributed by atoms with E-state index in [1.807, 2.05) is 37.3 Å². The van der Waals surface area contributed by atoms with Gasteiger partial charge in [0, 0.05) is 15.5 Å². The number of nitrogens with one attached hydrogen (secondary N) is 1. The molecule has 3 rings (SSSR count). The van der Waals surface area contributed by atoms with Gasteiger partial charge in [0.1, 0.15) is 16.3 Å². The van der Waals surface area contributed by atoms with E-state index in [0.29, 0.717) is 21.3 Å². The SMILES string of the molecule is COC(=O)c1c(NC(=O)COc2cccc(Cl)c2)sc(C)c1-c1ccccc1. The number of hydrogen-bond donors (Lipinski definition) is 1. The number of hydrogen-bond acceptors (Lipinski definition) is 5. The highest BCUT2D eigenvalue weighted by atomic mass is 35.5. The highest BCUT2D eigenvalue weighted by molar-refractivity contribution is 7.17. The van der Waals surface area contributed by atoms with Gasteiger partial charge in [-0.25, -0.2) is 4.79 Å². The highest BCUT2D eigenvalue weighted by Gasteiger charge is 2.25. The van der Waals surface area contributed by atoms with E-state index in [1.165, 1.54) is 18.4 Å². The third-order valence-corrected chi connectivity index (χ3v) is 5.21. The molecule has 0 saturated carbocycles. The van der Waals surface area contributed by atoms with Crippen LogP contribution in [0.5, 0.6) is 5.75 Å². The second-order valence-corrected chi connectivity index (χ2v) is 7.55. The number of esters is 1. The van der Waals surface area contributed by atoms with Crippen molar-refractivity contribution in [3.63, 3.8) is 0 Å². The Bertz CT molecular complexity index is 1000. The minimum absolute atomic E-state index is 0.210. The number of carbonyl (C=O) groups excluding carboxylic acids is 2. The molecule has 1 heterocycles. The lowest BCUT2D eigenvalue weighted by Gasteiger charge is -2.09. The Labute approximate surface area is 171 Å². The fourth-order valence-corrected chi connectivity index (χ4v) is 4.01. The fourth-order valence-electron chi connectivity index (χ4n) is 2.75. The smallest absolute Gasteiger partial charge is 0.341 e. The van der Waals surface area contributed by atoms with E-state index in [0.717, 1.165) is 16.0 Å². The van der Waals surface area contributed by atoms with Crippen molar-refractivity contribution in [2.45, 2.75) is 6.92 Å². The molecule has 7 heteroatoms. The molecule has 2 aromatic carbocycles. The van der Waals surface area contributed by atoms with Crippen LogP contribution in [0.3, 0.4) is 0 Å². The predicted octanol–water partition coefficient (Wildman–Crippen LogP) is 5.18. The largest absolute Gasteiger partial charge is 0.484 e. The van der Waals surface area contributed by atoms with Gasteiger partial charge < -0.3 is 14.8 Å². The Balaban J connectivity index is 1.83. The standard InChI is InChI=1S/C21H18ClNO4S/c1-13-18(14-7-4-3-5-8-14)19(21(25)26-2)20(28-13)23-17(24)12-27-16-10-6-9-15(22)11-16/h3-11H,12H2,1-2H3,(H,23,24). The van der Waals surface area contributed by atoms with Gasteiger partial charge in [0.15, 0.2) is 6.61 Å². The molecule has 0 atom stereocenters. The van der Waals surface area contributed by atoms with Crippen LogP contribution in [0.1, 0.15) is 15.2 Å². The molecule has 28 heavy (non-hydrogen) atoms. The summed E-state index contributed by atoms with van der Waals surface area (Å²) in [6.07, 6.45) is 0. The number of carbonyl (C=O) groups is 2. The van der Waals surface area contributed by atoms with Gasteiger partial charge in [-0.2, -0.15) is 0 Å². The number of anilines is 1. The molecule has 5 nitrogen and oxygen atoms in total. The molecule has 0 spiro atoms. The molecule has 0 aliphatic heterocycles. The van der Waals surface area contributed by atoms with Crippen LogP contribution in [0.25, 0.3) is 11.1 Å². The number of methoxy groups -OCH3 is 1. The summed E-state index contributed by atoms with van der Waals surface area (Å²) in [5, 5.41) is 3.72. The van der Waals surface area contributed by atoms with E-state index in [1.54, 1.807) is 24.3 Å². The van der Waals surface area contributed by atoms with Crippen molar-refractivity contribution in [2.75, 3.05) is 19.0 Å². The summed E-state index contributed by atoms with van der Waals surface area (Å²) < 4.78 is 10.4. The van der Waals surface area contributed by atoms with Crippen LogP contribution in [0.4, 0.5) is 5.00 Å². The van der Waals surface area contributed by atoms with Gasteiger partial charge in [0.2, 0.25) is 0 Å². The molecule has 0 radical (unpaired) electrons. The maximum absolute atomic E-state index is 12.4. The van der Waals surface area contributed by atoms with E-state index in [-0.39, 0.29) is 12.5 Å². The van der Waals surface area contributed by atoms with E-state index < -0.39 is 5.97 Å². The zero-order chi connectivity index (χ0) is 20.1. The van der Waals surface area contributed by atoms with E-state index in [4.69, 9.17) is 21.1 Å². The lowest BCUT2D eigenvalue weighted by molar-refractivity contribution is -0.118. The summed E-state index contributed by atoms with van der Waals surface area (Å²) in [4.78, 5) is 25.7. The maximum atomic E-state index is 12.4. The van der Waals surface area contributed by atoms with Crippen molar-refractivity contribution in [2.24, 2.45) is 0 Å². The summed E-state index contributed by atoms with van der Waals surface area (Å²) in [6, 6.07) is 16.3. The van der Waals surface area contributed by atoms with Gasteiger partial charge in [-0.1, -0.05) is 48.0 Å². The molecular weight excluding hydrogens is 398 g/mol. The molecular formula is C21H18ClNO4S. The monoisotopic (exact) mass is 415 g/mol. The lowest BCUT2D eigenvalue weighted by Crippen LogP contribution is -2.21. The summed E-state index contributed by atoms with van der Waals surface area (Å²) in [5.41, 5.74) is 1.98. The average molecular weight is 416 g/mol. The number of thiophene rings is 1. The predicted molar refractivity (Wildman–Crippen MR) is 111 cm³/mol. The van der Waals surface area contributed by atoms with E-state index >= 15 is 0 Å². The second kappa shape index (κ2) is 8.91. The summed E-state index contributed by atoms with van der Waals surface area (Å²) in [7, 11) is 1.32. The van der Waals surface area contributed by atoms with Gasteiger partial charge in [-0.15, -0.1) is 11.3 Å². The van der Waals surface area contributed by atoms with Crippen molar-refractivity contribution in [3.05, 3.63) is 70.1 Å². The lowest BCUT2D eigenvalue weighted by atomic mass is 10.0. The van der Waals surface area contributed by atoms with Gasteiger partial charge >= 0.3 is 5.97 Å². The Kier molecular flexibility index (Phi) is 6.34. The molecule has 3 aromatic rings. The molecule has 1 amide bonds. The van der Waals surface area contributed by atoms with Gasteiger partial charge in [0.05, 0.1) is 7.11 Å². The number of ether oxygens (including phenoxy) is 2. The van der Waals surface area contributed by atoms with Gasteiger partial charge in [0.25, 0.3) is 5.91 Å². The Hall–Kier alpha value is -2.83. The molecule has 0 unspecified atom stereocenters. The minimum Gasteiger partial charge on any atom is -0.484 e. The number of rotatable bonds is 6. The van der Waals surface area contributed by atoms with E-state index in [2.05, 4.69) is 5.32 Å². The molecule has 0 aliphatic rings. The maximum Gasteiger partial charge on any atom is 0.341 e. The van der Waals surface area contributed by atoms with Crippen molar-refractivity contribution in [3.8, 4) is 16.9 Å². The first-order valence-electron chi connectivity index (χ1n) is 8.45. The number of halogens is 1. The number of amides is 1. The van der Waals surface area contributed by atoms with Gasteiger partial charge in [-0.05, 0) is 30.7 Å². The first kappa shape index (κ1) is 19.9. The Morgan fingerprint density at radius 2 is 1.86 bits per heavy atom. The minimum atomic E-state index is -0.505. The van der Waals surface area contributed by atoms with Crippen LogP contribution < -0.4 is 10.1 Å². The van der Waals surface area contributed by atoms with Crippen molar-refractivity contribution in [1.29, 1.82) is 0 Å². The zero-order valence-corrected chi connectivity index (χ0v) is 16.9. The second-order valence-electron chi connectivity index (χ2n) is 5.89. The average Bonchev–Trinajstić information content (AvgIpc) is 3.02. The molecule has 0 aliphatic carbocycles. The first-order valence-corrected chi connectivity index (χ1v) is 9.64. The highest BCUT2D eigenvalue weighted by Crippen LogP contribution is 2.40. The molecule has 1 N–H and O–H groups in total.